The third kappa shape index (κ3) is 4.09. The minimum atomic E-state index is -0.283. The third-order valence-corrected chi connectivity index (χ3v) is 6.21. The second kappa shape index (κ2) is 8.50. The molecule has 2 aromatic carbocycles. The minimum Gasteiger partial charge on any atom is -0.482 e. The number of likely N-dealkylation sites (tertiary alicyclic amines) is 1. The fourth-order valence-corrected chi connectivity index (χ4v) is 4.42. The molecule has 2 aliphatic heterocycles. The number of ether oxygens (including phenoxy) is 1. The van der Waals surface area contributed by atoms with Gasteiger partial charge in [0, 0.05) is 30.0 Å². The molecule has 5 rings (SSSR count). The molecule has 33 heavy (non-hydrogen) atoms. The first-order chi connectivity index (χ1) is 16.0. The number of nitrogens with one attached hydrogen (secondary N) is 2. The number of rotatable bonds is 4. The summed E-state index contributed by atoms with van der Waals surface area (Å²) in [5, 5.41) is 10.4. The van der Waals surface area contributed by atoms with Gasteiger partial charge < -0.3 is 15.0 Å². The number of amides is 2. The number of fused-ring (bicyclic) bond motifs is 2. The van der Waals surface area contributed by atoms with Crippen molar-refractivity contribution in [2.24, 2.45) is 5.92 Å². The molecule has 0 radical (unpaired) electrons. The summed E-state index contributed by atoms with van der Waals surface area (Å²) >= 11 is 0. The van der Waals surface area contributed by atoms with E-state index in [2.05, 4.69) is 15.5 Å². The highest BCUT2D eigenvalue weighted by atomic mass is 16.5. The van der Waals surface area contributed by atoms with Crippen LogP contribution in [-0.2, 0) is 16.0 Å². The Hall–Kier alpha value is -4.01. The fourth-order valence-electron chi connectivity index (χ4n) is 4.42. The highest BCUT2D eigenvalue weighted by molar-refractivity contribution is 6.02. The number of benzene rings is 2. The lowest BCUT2D eigenvalue weighted by Gasteiger charge is -2.31. The molecule has 9 nitrogen and oxygen atoms in total. The van der Waals surface area contributed by atoms with Crippen molar-refractivity contribution in [1.82, 2.24) is 15.1 Å². The largest absolute Gasteiger partial charge is 0.482 e. The molecule has 1 aromatic heterocycles. The standard InChI is InChI=1S/C24H22N4O5/c29-21-13-33-20-6-5-15(11-19(20)25-21)23(31)14-7-9-28(10-8-14)22(30)12-18-16-3-1-2-4-17(16)24(32)27-26-18/h1-6,11,14H,7-10,12-13H2,(H,25,29)(H,27,32). The molecule has 168 valence electrons. The lowest BCUT2D eigenvalue weighted by Crippen LogP contribution is -2.41. The maximum atomic E-state index is 13.0. The van der Waals surface area contributed by atoms with E-state index in [1.807, 2.05) is 6.07 Å². The van der Waals surface area contributed by atoms with Crippen LogP contribution >= 0.6 is 0 Å². The molecule has 0 unspecified atom stereocenters. The van der Waals surface area contributed by atoms with E-state index in [0.29, 0.717) is 59.4 Å². The van der Waals surface area contributed by atoms with Crippen LogP contribution in [0.1, 0.15) is 28.9 Å². The lowest BCUT2D eigenvalue weighted by atomic mass is 9.88. The van der Waals surface area contributed by atoms with E-state index in [1.54, 1.807) is 41.3 Å². The van der Waals surface area contributed by atoms with Gasteiger partial charge in [0.05, 0.1) is 23.2 Å². The Bertz CT molecular complexity index is 1320. The summed E-state index contributed by atoms with van der Waals surface area (Å²) in [5.74, 6) is 0.0234. The third-order valence-electron chi connectivity index (χ3n) is 6.21. The zero-order valence-electron chi connectivity index (χ0n) is 17.8. The van der Waals surface area contributed by atoms with E-state index in [1.165, 1.54) is 0 Å². The quantitative estimate of drug-likeness (QED) is 0.591. The summed E-state index contributed by atoms with van der Waals surface area (Å²) < 4.78 is 5.35. The summed E-state index contributed by atoms with van der Waals surface area (Å²) in [5.41, 5.74) is 1.28. The number of hydrogen-bond acceptors (Lipinski definition) is 6. The van der Waals surface area contributed by atoms with Crippen LogP contribution in [0, 0.1) is 5.92 Å². The van der Waals surface area contributed by atoms with Crippen LogP contribution in [-0.4, -0.2) is 52.4 Å². The number of Topliss-reactive ketones (excluding diaryl/α,β-unsaturated/α-hetero) is 1. The lowest BCUT2D eigenvalue weighted by molar-refractivity contribution is -0.131. The molecule has 0 aliphatic carbocycles. The Labute approximate surface area is 188 Å². The van der Waals surface area contributed by atoms with Gasteiger partial charge in [-0.15, -0.1) is 0 Å². The number of anilines is 1. The summed E-state index contributed by atoms with van der Waals surface area (Å²) in [6.07, 6.45) is 1.20. The van der Waals surface area contributed by atoms with E-state index < -0.39 is 0 Å². The molecule has 0 spiro atoms. The molecule has 0 saturated carbocycles. The first kappa shape index (κ1) is 20.9. The number of carbonyl (C=O) groups excluding carboxylic acids is 3. The van der Waals surface area contributed by atoms with Gasteiger partial charge in [-0.3, -0.25) is 19.2 Å². The molecule has 1 saturated heterocycles. The topological polar surface area (TPSA) is 121 Å². The van der Waals surface area contributed by atoms with Gasteiger partial charge in [0.25, 0.3) is 11.5 Å². The van der Waals surface area contributed by atoms with Crippen LogP contribution in [0.25, 0.3) is 10.8 Å². The Morgan fingerprint density at radius 1 is 1.06 bits per heavy atom. The van der Waals surface area contributed by atoms with Crippen molar-refractivity contribution in [2.45, 2.75) is 19.3 Å². The van der Waals surface area contributed by atoms with Gasteiger partial charge >= 0.3 is 0 Å². The molecule has 3 heterocycles. The van der Waals surface area contributed by atoms with Crippen molar-refractivity contribution in [3.05, 3.63) is 64.1 Å². The van der Waals surface area contributed by atoms with Crippen LogP contribution in [0.2, 0.25) is 0 Å². The molecule has 9 heteroatoms. The average Bonchev–Trinajstić information content (AvgIpc) is 2.85. The van der Waals surface area contributed by atoms with Crippen LogP contribution in [0.5, 0.6) is 5.75 Å². The first-order valence-electron chi connectivity index (χ1n) is 10.8. The molecule has 2 N–H and O–H groups in total. The number of carbonyl (C=O) groups is 3. The van der Waals surface area contributed by atoms with Gasteiger partial charge in [0.15, 0.2) is 12.4 Å². The van der Waals surface area contributed by atoms with E-state index in [0.717, 1.165) is 0 Å². The summed E-state index contributed by atoms with van der Waals surface area (Å²) in [6.45, 7) is 0.916. The van der Waals surface area contributed by atoms with Gasteiger partial charge in [-0.25, -0.2) is 5.10 Å². The summed E-state index contributed by atoms with van der Waals surface area (Å²) in [4.78, 5) is 51.1. The highest BCUT2D eigenvalue weighted by Gasteiger charge is 2.29. The number of piperidine rings is 1. The second-order valence-electron chi connectivity index (χ2n) is 8.29. The van der Waals surface area contributed by atoms with Crippen molar-refractivity contribution in [2.75, 3.05) is 25.0 Å². The van der Waals surface area contributed by atoms with Crippen molar-refractivity contribution >= 4 is 34.1 Å². The van der Waals surface area contributed by atoms with Crippen molar-refractivity contribution < 1.29 is 19.1 Å². The fraction of sp³-hybridized carbons (Fsp3) is 0.292. The van der Waals surface area contributed by atoms with Crippen LogP contribution in [0.15, 0.2) is 47.3 Å². The number of H-pyrrole nitrogens is 1. The monoisotopic (exact) mass is 446 g/mol. The average molecular weight is 446 g/mol. The van der Waals surface area contributed by atoms with E-state index in [9.17, 15) is 19.2 Å². The maximum absolute atomic E-state index is 13.0. The van der Waals surface area contributed by atoms with Gasteiger partial charge in [-0.2, -0.15) is 5.10 Å². The van der Waals surface area contributed by atoms with Crippen LogP contribution in [0.3, 0.4) is 0 Å². The molecule has 0 atom stereocenters. The summed E-state index contributed by atoms with van der Waals surface area (Å²) in [7, 11) is 0. The van der Waals surface area contributed by atoms with Gasteiger partial charge in [-0.1, -0.05) is 18.2 Å². The Morgan fingerprint density at radius 3 is 2.61 bits per heavy atom. The predicted molar refractivity (Wildman–Crippen MR) is 120 cm³/mol. The normalized spacial score (nSPS) is 16.1. The Morgan fingerprint density at radius 2 is 1.82 bits per heavy atom. The number of ketones is 1. The number of nitrogens with zero attached hydrogens (tertiary/aromatic N) is 2. The highest BCUT2D eigenvalue weighted by Crippen LogP contribution is 2.31. The van der Waals surface area contributed by atoms with E-state index in [-0.39, 0.29) is 42.1 Å². The number of aromatic amines is 1. The molecule has 2 aliphatic rings. The molecular formula is C24H22N4O5. The summed E-state index contributed by atoms with van der Waals surface area (Å²) in [6, 6.07) is 12.1. The van der Waals surface area contributed by atoms with Crippen molar-refractivity contribution in [3.8, 4) is 5.75 Å². The number of aromatic nitrogens is 2. The molecule has 0 bridgehead atoms. The zero-order valence-corrected chi connectivity index (χ0v) is 17.8. The zero-order chi connectivity index (χ0) is 22.9. The second-order valence-corrected chi connectivity index (χ2v) is 8.29. The maximum Gasteiger partial charge on any atom is 0.272 e. The van der Waals surface area contributed by atoms with Crippen molar-refractivity contribution in [3.63, 3.8) is 0 Å². The smallest absolute Gasteiger partial charge is 0.272 e. The Kier molecular flexibility index (Phi) is 5.37. The SMILES string of the molecule is O=C1COc2ccc(C(=O)C3CCN(C(=O)Cc4n[nH]c(=O)c5ccccc45)CC3)cc2N1. The molecular weight excluding hydrogens is 424 g/mol. The first-order valence-corrected chi connectivity index (χ1v) is 10.8. The molecule has 1 fully saturated rings. The minimum absolute atomic E-state index is 0.00184. The van der Waals surface area contributed by atoms with Crippen LogP contribution < -0.4 is 15.6 Å². The number of hydrogen-bond donors (Lipinski definition) is 2. The van der Waals surface area contributed by atoms with E-state index in [4.69, 9.17) is 4.74 Å². The van der Waals surface area contributed by atoms with Gasteiger partial charge in [0.2, 0.25) is 5.91 Å². The molecule has 3 aromatic rings. The van der Waals surface area contributed by atoms with Crippen LogP contribution in [0.4, 0.5) is 5.69 Å². The van der Waals surface area contributed by atoms with Gasteiger partial charge in [0.1, 0.15) is 5.75 Å². The van der Waals surface area contributed by atoms with Crippen molar-refractivity contribution in [1.29, 1.82) is 0 Å². The van der Waals surface area contributed by atoms with E-state index >= 15 is 0 Å². The van der Waals surface area contributed by atoms with Gasteiger partial charge in [-0.05, 0) is 37.1 Å². The molecule has 2 amide bonds. The Balaban J connectivity index is 1.23. The predicted octanol–water partition coefficient (Wildman–Crippen LogP) is 1.92.